The van der Waals surface area contributed by atoms with Crippen LogP contribution < -0.4 is 10.1 Å². The SMILES string of the molecule is COC[C@H](C)Oc1cc(C[C@@H](C)Cc2ccccc2)cc(C(=O)Nc2ccn(C[PH](C)=O)n2)c1. The van der Waals surface area contributed by atoms with E-state index in [4.69, 9.17) is 9.47 Å². The molecule has 34 heavy (non-hydrogen) atoms. The van der Waals surface area contributed by atoms with Gasteiger partial charge in [0.25, 0.3) is 5.91 Å². The van der Waals surface area contributed by atoms with Crippen molar-refractivity contribution in [1.29, 1.82) is 0 Å². The molecule has 8 heteroatoms. The highest BCUT2D eigenvalue weighted by Crippen LogP contribution is 2.24. The summed E-state index contributed by atoms with van der Waals surface area (Å²) in [5, 5.41) is 7.13. The first kappa shape index (κ1) is 25.7. The van der Waals surface area contributed by atoms with Crippen LogP contribution in [0.1, 0.15) is 35.3 Å². The van der Waals surface area contributed by atoms with Gasteiger partial charge in [-0.3, -0.25) is 9.48 Å². The maximum atomic E-state index is 13.0. The maximum Gasteiger partial charge on any atom is 0.257 e. The Kier molecular flexibility index (Phi) is 9.49. The zero-order valence-corrected chi connectivity index (χ0v) is 21.3. The van der Waals surface area contributed by atoms with Crippen LogP contribution in [0.5, 0.6) is 5.75 Å². The molecule has 182 valence electrons. The number of aromatic nitrogens is 2. The number of amides is 1. The summed E-state index contributed by atoms with van der Waals surface area (Å²) in [7, 11) is -0.0695. The number of carbonyl (C=O) groups is 1. The van der Waals surface area contributed by atoms with E-state index in [1.54, 1.807) is 36.8 Å². The molecular weight excluding hydrogens is 449 g/mol. The monoisotopic (exact) mass is 483 g/mol. The molecule has 0 aliphatic rings. The molecule has 1 N–H and O–H groups in total. The minimum absolute atomic E-state index is 0.147. The number of methoxy groups -OCH3 is 1. The van der Waals surface area contributed by atoms with Crippen LogP contribution in [0.3, 0.4) is 0 Å². The van der Waals surface area contributed by atoms with Gasteiger partial charge in [-0.15, -0.1) is 0 Å². The second kappa shape index (κ2) is 12.5. The van der Waals surface area contributed by atoms with E-state index in [1.165, 1.54) is 5.56 Å². The summed E-state index contributed by atoms with van der Waals surface area (Å²) in [6.45, 7) is 6.27. The maximum absolute atomic E-state index is 13.0. The Morgan fingerprint density at radius 2 is 1.82 bits per heavy atom. The highest BCUT2D eigenvalue weighted by Gasteiger charge is 2.15. The number of rotatable bonds is 12. The molecule has 1 amide bonds. The molecule has 3 atom stereocenters. The molecule has 0 fully saturated rings. The minimum Gasteiger partial charge on any atom is -0.488 e. The molecule has 0 bridgehead atoms. The normalized spacial score (nSPS) is 13.8. The summed E-state index contributed by atoms with van der Waals surface area (Å²) in [6, 6.07) is 17.7. The third kappa shape index (κ3) is 8.15. The van der Waals surface area contributed by atoms with E-state index in [2.05, 4.69) is 41.6 Å². The van der Waals surface area contributed by atoms with Crippen LogP contribution in [0.4, 0.5) is 5.82 Å². The number of hydrogen-bond donors (Lipinski definition) is 1. The third-order valence-corrected chi connectivity index (χ3v) is 6.01. The van der Waals surface area contributed by atoms with Crippen LogP contribution in [0, 0.1) is 5.92 Å². The van der Waals surface area contributed by atoms with E-state index in [0.717, 1.165) is 18.4 Å². The molecule has 0 spiro atoms. The second-order valence-electron chi connectivity index (χ2n) is 8.80. The average molecular weight is 484 g/mol. The molecular formula is C26H34N3O4P. The summed E-state index contributed by atoms with van der Waals surface area (Å²) >= 11 is 0. The van der Waals surface area contributed by atoms with Crippen LogP contribution in [0.15, 0.2) is 60.8 Å². The number of benzene rings is 2. The van der Waals surface area contributed by atoms with Crippen molar-refractivity contribution in [2.45, 2.75) is 39.1 Å². The Morgan fingerprint density at radius 1 is 1.09 bits per heavy atom. The lowest BCUT2D eigenvalue weighted by atomic mass is 9.93. The van der Waals surface area contributed by atoms with Crippen LogP contribution in [0.25, 0.3) is 0 Å². The molecule has 1 heterocycles. The van der Waals surface area contributed by atoms with Gasteiger partial charge >= 0.3 is 0 Å². The first-order valence-electron chi connectivity index (χ1n) is 11.5. The quantitative estimate of drug-likeness (QED) is 0.362. The van der Waals surface area contributed by atoms with E-state index >= 15 is 0 Å². The van der Waals surface area contributed by atoms with Crippen LogP contribution in [0.2, 0.25) is 0 Å². The largest absolute Gasteiger partial charge is 0.488 e. The fraction of sp³-hybridized carbons (Fsp3) is 0.385. The van der Waals surface area contributed by atoms with Crippen molar-refractivity contribution < 1.29 is 18.8 Å². The van der Waals surface area contributed by atoms with Crippen LogP contribution in [-0.2, 0) is 28.4 Å². The molecule has 7 nitrogen and oxygen atoms in total. The fourth-order valence-corrected chi connectivity index (χ4v) is 4.54. The lowest BCUT2D eigenvalue weighted by molar-refractivity contribution is 0.0916. The molecule has 0 saturated carbocycles. The van der Waals surface area contributed by atoms with Crippen molar-refractivity contribution in [2.75, 3.05) is 25.7 Å². The highest BCUT2D eigenvalue weighted by molar-refractivity contribution is 7.42. The van der Waals surface area contributed by atoms with E-state index < -0.39 is 7.80 Å². The number of carbonyl (C=O) groups excluding carboxylic acids is 1. The minimum atomic E-state index is -1.70. The highest BCUT2D eigenvalue weighted by atomic mass is 31.1. The molecule has 0 radical (unpaired) electrons. The van der Waals surface area contributed by atoms with Gasteiger partial charge in [-0.05, 0) is 61.7 Å². The van der Waals surface area contributed by atoms with Crippen LogP contribution >= 0.6 is 7.80 Å². The second-order valence-corrected chi connectivity index (χ2v) is 10.5. The van der Waals surface area contributed by atoms with Crippen molar-refractivity contribution in [3.63, 3.8) is 0 Å². The third-order valence-electron chi connectivity index (χ3n) is 5.25. The lowest BCUT2D eigenvalue weighted by Crippen LogP contribution is -2.19. The molecule has 0 aliphatic heterocycles. The van der Waals surface area contributed by atoms with Gasteiger partial charge < -0.3 is 19.4 Å². The van der Waals surface area contributed by atoms with Crippen molar-refractivity contribution in [2.24, 2.45) is 5.92 Å². The molecule has 0 aliphatic carbocycles. The predicted octanol–water partition coefficient (Wildman–Crippen LogP) is 5.12. The summed E-state index contributed by atoms with van der Waals surface area (Å²) in [6.07, 6.45) is 3.68. The molecule has 3 rings (SSSR count). The Hall–Kier alpha value is -2.89. The van der Waals surface area contributed by atoms with E-state index in [0.29, 0.717) is 35.9 Å². The van der Waals surface area contributed by atoms with Gasteiger partial charge in [0.2, 0.25) is 0 Å². The van der Waals surface area contributed by atoms with E-state index in [-0.39, 0.29) is 12.0 Å². The predicted molar refractivity (Wildman–Crippen MR) is 137 cm³/mol. The van der Waals surface area contributed by atoms with E-state index in [9.17, 15) is 9.36 Å². The van der Waals surface area contributed by atoms with Gasteiger partial charge in [-0.25, -0.2) is 0 Å². The average Bonchev–Trinajstić information content (AvgIpc) is 3.20. The number of hydrogen-bond acceptors (Lipinski definition) is 5. The summed E-state index contributed by atoms with van der Waals surface area (Å²) in [5.74, 6) is 1.18. The van der Waals surface area contributed by atoms with Crippen LogP contribution in [-0.4, -0.2) is 42.2 Å². The summed E-state index contributed by atoms with van der Waals surface area (Å²) < 4.78 is 24.3. The smallest absolute Gasteiger partial charge is 0.257 e. The molecule has 1 aromatic heterocycles. The summed E-state index contributed by atoms with van der Waals surface area (Å²) in [5.41, 5.74) is 2.83. The zero-order chi connectivity index (χ0) is 24.5. The number of ether oxygens (including phenoxy) is 2. The Balaban J connectivity index is 1.77. The molecule has 3 aromatic rings. The number of nitrogens with zero attached hydrogens (tertiary/aromatic N) is 2. The first-order chi connectivity index (χ1) is 16.3. The number of nitrogens with one attached hydrogen (secondary N) is 1. The van der Waals surface area contributed by atoms with Crippen molar-refractivity contribution >= 4 is 19.5 Å². The fourth-order valence-electron chi connectivity index (χ4n) is 3.90. The van der Waals surface area contributed by atoms with Gasteiger partial charge in [0.05, 0.1) is 20.7 Å². The topological polar surface area (TPSA) is 82.5 Å². The first-order valence-corrected chi connectivity index (χ1v) is 13.6. The van der Waals surface area contributed by atoms with Gasteiger partial charge in [-0.1, -0.05) is 37.3 Å². The van der Waals surface area contributed by atoms with Gasteiger partial charge in [-0.2, -0.15) is 5.10 Å². The zero-order valence-electron chi connectivity index (χ0n) is 20.3. The van der Waals surface area contributed by atoms with Gasteiger partial charge in [0.1, 0.15) is 11.9 Å². The standard InChI is InChI=1S/C26H34N3O4P/c1-19(12-21-8-6-5-7-9-21)13-22-14-23(16-24(15-22)33-20(2)17-32-3)26(30)27-25-10-11-29(28-25)18-34(4)31/h5-11,14-16,19-20,34H,12-13,17-18H2,1-4H3,(H,27,28,30)/t19-,20-/m0/s1. The van der Waals surface area contributed by atoms with Crippen molar-refractivity contribution in [1.82, 2.24) is 9.78 Å². The Bertz CT molecular complexity index is 1100. The molecule has 0 saturated heterocycles. The van der Waals surface area contributed by atoms with E-state index in [1.807, 2.05) is 25.1 Å². The van der Waals surface area contributed by atoms with Crippen molar-refractivity contribution in [3.8, 4) is 5.75 Å². The molecule has 1 unspecified atom stereocenters. The molecule has 2 aromatic carbocycles. The number of anilines is 1. The van der Waals surface area contributed by atoms with Gasteiger partial charge in [0, 0.05) is 24.9 Å². The summed E-state index contributed by atoms with van der Waals surface area (Å²) in [4.78, 5) is 13.0. The lowest BCUT2D eigenvalue weighted by Gasteiger charge is -2.17. The van der Waals surface area contributed by atoms with Crippen molar-refractivity contribution in [3.05, 3.63) is 77.5 Å². The Labute approximate surface area is 202 Å². The Morgan fingerprint density at radius 3 is 2.53 bits per heavy atom. The van der Waals surface area contributed by atoms with Gasteiger partial charge in [0.15, 0.2) is 5.82 Å².